The number of nitrogens with one attached hydrogen (secondary N) is 1. The number of amides is 1. The Bertz CT molecular complexity index is 1250. The lowest BCUT2D eigenvalue weighted by atomic mass is 10.1. The monoisotopic (exact) mass is 501 g/mol. The summed E-state index contributed by atoms with van der Waals surface area (Å²) in [6.07, 6.45) is 3.84. The maximum atomic E-state index is 12.9. The van der Waals surface area contributed by atoms with Crippen LogP contribution in [0.3, 0.4) is 0 Å². The van der Waals surface area contributed by atoms with E-state index in [4.69, 9.17) is 9.47 Å². The fourth-order valence-corrected chi connectivity index (χ4v) is 6.07. The number of rotatable bonds is 7. The Morgan fingerprint density at radius 1 is 1.00 bits per heavy atom. The minimum Gasteiger partial charge on any atom is -0.497 e. The first-order valence-corrected chi connectivity index (χ1v) is 13.3. The van der Waals surface area contributed by atoms with Gasteiger partial charge in [-0.15, -0.1) is 11.3 Å². The number of hydrogen-bond acceptors (Lipinski definition) is 7. The van der Waals surface area contributed by atoms with E-state index in [9.17, 15) is 13.2 Å². The summed E-state index contributed by atoms with van der Waals surface area (Å²) in [5.74, 6) is 0.951. The van der Waals surface area contributed by atoms with Crippen LogP contribution in [0.25, 0.3) is 11.3 Å². The number of thiazole rings is 1. The van der Waals surface area contributed by atoms with Crippen LogP contribution in [-0.4, -0.2) is 50.9 Å². The normalized spacial score (nSPS) is 14.9. The Kier molecular flexibility index (Phi) is 7.50. The highest BCUT2D eigenvalue weighted by molar-refractivity contribution is 7.89. The molecule has 0 bridgehead atoms. The number of hydrogen-bond donors (Lipinski definition) is 1. The van der Waals surface area contributed by atoms with E-state index in [0.717, 1.165) is 31.2 Å². The molecule has 1 saturated heterocycles. The Hall–Kier alpha value is -2.95. The van der Waals surface area contributed by atoms with Gasteiger partial charge in [0.25, 0.3) is 5.91 Å². The quantitative estimate of drug-likeness (QED) is 0.506. The van der Waals surface area contributed by atoms with Gasteiger partial charge < -0.3 is 9.47 Å². The highest BCUT2D eigenvalue weighted by Crippen LogP contribution is 2.35. The molecular weight excluding hydrogens is 474 g/mol. The van der Waals surface area contributed by atoms with Crippen LogP contribution < -0.4 is 14.8 Å². The molecule has 4 rings (SSSR count). The number of carbonyl (C=O) groups excluding carboxylic acids is 1. The summed E-state index contributed by atoms with van der Waals surface area (Å²) >= 11 is 1.29. The summed E-state index contributed by atoms with van der Waals surface area (Å²) in [6, 6.07) is 11.5. The molecule has 1 fully saturated rings. The Balaban J connectivity index is 1.47. The molecule has 34 heavy (non-hydrogen) atoms. The van der Waals surface area contributed by atoms with Crippen molar-refractivity contribution in [1.82, 2.24) is 9.29 Å². The minimum absolute atomic E-state index is 0.201. The van der Waals surface area contributed by atoms with Crippen molar-refractivity contribution in [3.05, 3.63) is 53.4 Å². The number of carbonyl (C=O) groups is 1. The van der Waals surface area contributed by atoms with Gasteiger partial charge in [-0.3, -0.25) is 10.1 Å². The third-order valence-electron chi connectivity index (χ3n) is 5.73. The van der Waals surface area contributed by atoms with Crippen LogP contribution >= 0.6 is 11.3 Å². The van der Waals surface area contributed by atoms with Gasteiger partial charge in [0, 0.05) is 29.6 Å². The van der Waals surface area contributed by atoms with Crippen molar-refractivity contribution in [2.45, 2.75) is 30.6 Å². The SMILES string of the molecule is COc1ccc(OC)c(-c2csc(NC(=O)c3ccc(S(=O)(=O)N4CCCCCC4)cc3)n2)c1. The van der Waals surface area contributed by atoms with Crippen molar-refractivity contribution in [3.63, 3.8) is 0 Å². The molecule has 2 aromatic carbocycles. The van der Waals surface area contributed by atoms with Crippen LogP contribution in [0.1, 0.15) is 36.0 Å². The topological polar surface area (TPSA) is 97.8 Å². The predicted octanol–water partition coefficient (Wildman–Crippen LogP) is 4.64. The number of nitrogens with zero attached hydrogens (tertiary/aromatic N) is 2. The van der Waals surface area contributed by atoms with E-state index in [1.54, 1.807) is 30.7 Å². The van der Waals surface area contributed by atoms with Crippen LogP contribution in [0.5, 0.6) is 11.5 Å². The molecule has 1 aliphatic heterocycles. The average Bonchev–Trinajstić information content (AvgIpc) is 3.13. The molecule has 1 amide bonds. The van der Waals surface area contributed by atoms with Crippen molar-refractivity contribution in [3.8, 4) is 22.8 Å². The van der Waals surface area contributed by atoms with Crippen molar-refractivity contribution < 1.29 is 22.7 Å². The van der Waals surface area contributed by atoms with E-state index in [1.807, 2.05) is 11.4 Å². The van der Waals surface area contributed by atoms with Gasteiger partial charge in [0.05, 0.1) is 24.8 Å². The Morgan fingerprint density at radius 3 is 2.35 bits per heavy atom. The first kappa shape index (κ1) is 24.2. The maximum absolute atomic E-state index is 12.9. The molecule has 1 aliphatic rings. The van der Waals surface area contributed by atoms with Crippen LogP contribution in [-0.2, 0) is 10.0 Å². The zero-order valence-electron chi connectivity index (χ0n) is 19.1. The first-order chi connectivity index (χ1) is 16.4. The highest BCUT2D eigenvalue weighted by atomic mass is 32.2. The van der Waals surface area contributed by atoms with Gasteiger partial charge in [-0.05, 0) is 55.3 Å². The molecule has 0 radical (unpaired) electrons. The molecular formula is C24H27N3O5S2. The Labute approximate surface area is 203 Å². The van der Waals surface area contributed by atoms with Gasteiger partial charge in [0.15, 0.2) is 5.13 Å². The average molecular weight is 502 g/mol. The third kappa shape index (κ3) is 5.24. The highest BCUT2D eigenvalue weighted by Gasteiger charge is 2.25. The van der Waals surface area contributed by atoms with Crippen molar-refractivity contribution in [2.24, 2.45) is 0 Å². The second-order valence-corrected chi connectivity index (χ2v) is 10.7. The van der Waals surface area contributed by atoms with E-state index in [2.05, 4.69) is 10.3 Å². The fourth-order valence-electron chi connectivity index (χ4n) is 3.85. The number of sulfonamides is 1. The van der Waals surface area contributed by atoms with E-state index in [-0.39, 0.29) is 10.8 Å². The zero-order valence-corrected chi connectivity index (χ0v) is 20.7. The summed E-state index contributed by atoms with van der Waals surface area (Å²) in [5, 5.41) is 5.03. The summed E-state index contributed by atoms with van der Waals surface area (Å²) in [4.78, 5) is 17.4. The zero-order chi connectivity index (χ0) is 24.1. The maximum Gasteiger partial charge on any atom is 0.257 e. The lowest BCUT2D eigenvalue weighted by molar-refractivity contribution is 0.102. The summed E-state index contributed by atoms with van der Waals surface area (Å²) in [7, 11) is -0.391. The molecule has 0 saturated carbocycles. The molecule has 3 aromatic rings. The Morgan fingerprint density at radius 2 is 1.71 bits per heavy atom. The molecule has 0 unspecified atom stereocenters. The van der Waals surface area contributed by atoms with Gasteiger partial charge in [-0.25, -0.2) is 13.4 Å². The summed E-state index contributed by atoms with van der Waals surface area (Å²) < 4.78 is 38.1. The van der Waals surface area contributed by atoms with Gasteiger partial charge >= 0.3 is 0 Å². The van der Waals surface area contributed by atoms with Crippen molar-refractivity contribution in [2.75, 3.05) is 32.6 Å². The second kappa shape index (κ2) is 10.5. The number of benzene rings is 2. The minimum atomic E-state index is -3.56. The van der Waals surface area contributed by atoms with Gasteiger partial charge in [-0.2, -0.15) is 4.31 Å². The molecule has 1 aromatic heterocycles. The van der Waals surface area contributed by atoms with E-state index in [0.29, 0.717) is 41.0 Å². The predicted molar refractivity (Wildman–Crippen MR) is 132 cm³/mol. The van der Waals surface area contributed by atoms with Crippen molar-refractivity contribution in [1.29, 1.82) is 0 Å². The smallest absolute Gasteiger partial charge is 0.257 e. The molecule has 2 heterocycles. The summed E-state index contributed by atoms with van der Waals surface area (Å²) in [6.45, 7) is 1.07. The second-order valence-electron chi connectivity index (χ2n) is 7.90. The van der Waals surface area contributed by atoms with E-state index < -0.39 is 10.0 Å². The molecule has 1 N–H and O–H groups in total. The summed E-state index contributed by atoms with van der Waals surface area (Å²) in [5.41, 5.74) is 1.75. The first-order valence-electron chi connectivity index (χ1n) is 11.0. The van der Waals surface area contributed by atoms with E-state index >= 15 is 0 Å². The van der Waals surface area contributed by atoms with Gasteiger partial charge in [-0.1, -0.05) is 12.8 Å². The van der Waals surface area contributed by atoms with Crippen LogP contribution in [0.4, 0.5) is 5.13 Å². The number of aromatic nitrogens is 1. The van der Waals surface area contributed by atoms with Crippen LogP contribution in [0.2, 0.25) is 0 Å². The molecule has 8 nitrogen and oxygen atoms in total. The van der Waals surface area contributed by atoms with Gasteiger partial charge in [0.2, 0.25) is 10.0 Å². The van der Waals surface area contributed by atoms with E-state index in [1.165, 1.54) is 35.6 Å². The molecule has 0 aliphatic carbocycles. The van der Waals surface area contributed by atoms with Gasteiger partial charge in [0.1, 0.15) is 11.5 Å². The largest absolute Gasteiger partial charge is 0.497 e. The molecule has 10 heteroatoms. The number of methoxy groups -OCH3 is 2. The van der Waals surface area contributed by atoms with Crippen LogP contribution in [0, 0.1) is 0 Å². The fraction of sp³-hybridized carbons (Fsp3) is 0.333. The third-order valence-corrected chi connectivity index (χ3v) is 8.40. The lowest BCUT2D eigenvalue weighted by Crippen LogP contribution is -2.31. The van der Waals surface area contributed by atoms with Crippen molar-refractivity contribution >= 4 is 32.4 Å². The molecule has 0 spiro atoms. The standard InChI is InChI=1S/C24H27N3O5S2/c1-31-18-9-12-22(32-2)20(15-18)21-16-33-24(25-21)26-23(28)17-7-10-19(11-8-17)34(29,30)27-13-5-3-4-6-14-27/h7-12,15-16H,3-6,13-14H2,1-2H3,(H,25,26,28). The molecule has 180 valence electrons. The lowest BCUT2D eigenvalue weighted by Gasteiger charge is -2.20. The molecule has 0 atom stereocenters. The van der Waals surface area contributed by atoms with Crippen LogP contribution in [0.15, 0.2) is 52.7 Å². The number of anilines is 1. The number of ether oxygens (including phenoxy) is 2.